The van der Waals surface area contributed by atoms with E-state index in [0.29, 0.717) is 12.8 Å². The van der Waals surface area contributed by atoms with Gasteiger partial charge in [0.15, 0.2) is 0 Å². The van der Waals surface area contributed by atoms with Gasteiger partial charge in [-0.1, -0.05) is 61.0 Å². The van der Waals surface area contributed by atoms with Gasteiger partial charge in [-0.2, -0.15) is 0 Å². The summed E-state index contributed by atoms with van der Waals surface area (Å²) in [6.07, 6.45) is 3.03. The Balaban J connectivity index is 1.35. The minimum absolute atomic E-state index is 0.0423. The van der Waals surface area contributed by atoms with Gasteiger partial charge >= 0.3 is 12.1 Å². The lowest BCUT2D eigenvalue weighted by atomic mass is 9.68. The van der Waals surface area contributed by atoms with Crippen LogP contribution in [0.2, 0.25) is 0 Å². The second-order valence-electron chi connectivity index (χ2n) is 8.70. The number of benzene rings is 2. The molecule has 0 radical (unpaired) electrons. The molecule has 2 aliphatic carbocycles. The van der Waals surface area contributed by atoms with Crippen molar-refractivity contribution >= 4 is 18.0 Å². The molecule has 172 valence electrons. The smallest absolute Gasteiger partial charge is 0.407 e. The molecule has 0 saturated heterocycles. The monoisotopic (exact) mass is 448 g/mol. The Morgan fingerprint density at radius 1 is 1.09 bits per heavy atom. The van der Waals surface area contributed by atoms with Crippen molar-refractivity contribution in [2.75, 3.05) is 13.2 Å². The van der Waals surface area contributed by atoms with Crippen molar-refractivity contribution in [3.8, 4) is 11.1 Å². The average Bonchev–Trinajstić information content (AvgIpc) is 3.10. The van der Waals surface area contributed by atoms with E-state index >= 15 is 0 Å². The zero-order chi connectivity index (χ0) is 23.4. The van der Waals surface area contributed by atoms with Crippen LogP contribution in [0.4, 0.5) is 4.79 Å². The lowest BCUT2D eigenvalue weighted by molar-refractivity contribution is -0.145. The molecule has 0 aliphatic heterocycles. The first-order valence-electron chi connectivity index (χ1n) is 11.2. The number of carboxylic acids is 1. The lowest BCUT2D eigenvalue weighted by Gasteiger charge is -2.40. The second kappa shape index (κ2) is 9.48. The molecule has 0 heterocycles. The second-order valence-corrected chi connectivity index (χ2v) is 8.70. The van der Waals surface area contributed by atoms with E-state index in [1.54, 1.807) is 0 Å². The van der Waals surface area contributed by atoms with E-state index < -0.39 is 23.5 Å². The maximum Gasteiger partial charge on any atom is 0.407 e. The topological polar surface area (TPSA) is 105 Å². The van der Waals surface area contributed by atoms with Crippen LogP contribution in [-0.4, -0.2) is 42.3 Å². The number of carbonyl (C=O) groups excluding carboxylic acids is 2. The summed E-state index contributed by atoms with van der Waals surface area (Å²) in [7, 11) is 0. The molecular weight excluding hydrogens is 420 g/mol. The van der Waals surface area contributed by atoms with Gasteiger partial charge in [0.1, 0.15) is 12.6 Å². The van der Waals surface area contributed by atoms with Crippen LogP contribution < -0.4 is 10.6 Å². The molecule has 7 nitrogen and oxygen atoms in total. The Hall–Kier alpha value is -3.61. The van der Waals surface area contributed by atoms with E-state index in [4.69, 9.17) is 4.74 Å². The third-order valence-corrected chi connectivity index (χ3v) is 6.71. The van der Waals surface area contributed by atoms with Crippen molar-refractivity contribution in [1.29, 1.82) is 0 Å². The highest BCUT2D eigenvalue weighted by molar-refractivity contribution is 5.88. The van der Waals surface area contributed by atoms with E-state index in [2.05, 4.69) is 41.5 Å². The highest BCUT2D eigenvalue weighted by atomic mass is 16.5. The molecule has 4 rings (SSSR count). The summed E-state index contributed by atoms with van der Waals surface area (Å²) in [6, 6.07) is 15.2. The highest BCUT2D eigenvalue weighted by Gasteiger charge is 2.45. The molecule has 0 spiro atoms. The molecule has 2 amide bonds. The summed E-state index contributed by atoms with van der Waals surface area (Å²) in [5.74, 6) is -1.51. The van der Waals surface area contributed by atoms with E-state index in [0.717, 1.165) is 28.7 Å². The number of rotatable bonds is 9. The summed E-state index contributed by atoms with van der Waals surface area (Å²) in [5.41, 5.74) is 3.76. The number of fused-ring (bicyclic) bond motifs is 3. The summed E-state index contributed by atoms with van der Waals surface area (Å²) in [6.45, 7) is 3.84. The number of hydrogen-bond donors (Lipinski definition) is 3. The summed E-state index contributed by atoms with van der Waals surface area (Å²) < 4.78 is 5.55. The fraction of sp³-hybridized carbons (Fsp3) is 0.346. The summed E-state index contributed by atoms with van der Waals surface area (Å²) in [5, 5.41) is 14.6. The number of nitrogens with one attached hydrogen (secondary N) is 2. The van der Waals surface area contributed by atoms with Crippen LogP contribution in [0, 0.1) is 5.41 Å². The van der Waals surface area contributed by atoms with Crippen molar-refractivity contribution in [3.05, 3.63) is 72.3 Å². The molecule has 3 N–H and O–H groups in total. The number of ether oxygens (including phenoxy) is 1. The van der Waals surface area contributed by atoms with Gasteiger partial charge < -0.3 is 20.5 Å². The zero-order valence-corrected chi connectivity index (χ0v) is 18.4. The number of carbonyl (C=O) groups is 3. The first kappa shape index (κ1) is 22.6. The van der Waals surface area contributed by atoms with Gasteiger partial charge in [-0.3, -0.25) is 4.79 Å². The standard InChI is InChI=1S/C26H28N2O5/c1-2-8-22(23(29)30)28-24(31)26(13-7-14-26)16-27-25(32)33-15-21-19-11-5-3-9-17(19)18-10-4-6-12-20(18)21/h2-6,9-12,21-22H,1,7-8,13-16H2,(H,27,32)(H,28,31)(H,29,30). The van der Waals surface area contributed by atoms with Crippen LogP contribution in [0.3, 0.4) is 0 Å². The van der Waals surface area contributed by atoms with Crippen LogP contribution in [0.5, 0.6) is 0 Å². The van der Waals surface area contributed by atoms with E-state index in [1.807, 2.05) is 24.3 Å². The minimum atomic E-state index is -1.11. The largest absolute Gasteiger partial charge is 0.480 e. The van der Waals surface area contributed by atoms with E-state index in [-0.39, 0.29) is 31.4 Å². The van der Waals surface area contributed by atoms with Gasteiger partial charge in [-0.15, -0.1) is 6.58 Å². The van der Waals surface area contributed by atoms with Crippen molar-refractivity contribution < 1.29 is 24.2 Å². The third kappa shape index (κ3) is 4.49. The fourth-order valence-corrected chi connectivity index (χ4v) is 4.68. The molecule has 1 saturated carbocycles. The Labute approximate surface area is 192 Å². The first-order valence-corrected chi connectivity index (χ1v) is 11.2. The van der Waals surface area contributed by atoms with Gasteiger partial charge in [-0.05, 0) is 41.5 Å². The zero-order valence-electron chi connectivity index (χ0n) is 18.4. The maximum absolute atomic E-state index is 12.8. The van der Waals surface area contributed by atoms with Crippen LogP contribution in [0.15, 0.2) is 61.2 Å². The molecule has 2 aromatic carbocycles. The van der Waals surface area contributed by atoms with Gasteiger partial charge in [0, 0.05) is 12.5 Å². The van der Waals surface area contributed by atoms with Crippen LogP contribution in [0.1, 0.15) is 42.7 Å². The normalized spacial score (nSPS) is 16.5. The molecular formula is C26H28N2O5. The van der Waals surface area contributed by atoms with Crippen LogP contribution >= 0.6 is 0 Å². The Bertz CT molecular complexity index is 1030. The molecule has 2 aromatic rings. The Morgan fingerprint density at radius 2 is 1.70 bits per heavy atom. The number of carboxylic acid groups (broad SMARTS) is 1. The van der Waals surface area contributed by atoms with Crippen molar-refractivity contribution in [3.63, 3.8) is 0 Å². The van der Waals surface area contributed by atoms with Crippen LogP contribution in [0.25, 0.3) is 11.1 Å². The van der Waals surface area contributed by atoms with Crippen molar-refractivity contribution in [2.24, 2.45) is 5.41 Å². The summed E-state index contributed by atoms with van der Waals surface area (Å²) >= 11 is 0. The summed E-state index contributed by atoms with van der Waals surface area (Å²) in [4.78, 5) is 36.6. The predicted octanol–water partition coefficient (Wildman–Crippen LogP) is 3.84. The third-order valence-electron chi connectivity index (χ3n) is 6.71. The maximum atomic E-state index is 12.8. The van der Waals surface area contributed by atoms with Gasteiger partial charge in [0.05, 0.1) is 5.41 Å². The highest BCUT2D eigenvalue weighted by Crippen LogP contribution is 2.44. The molecule has 0 bridgehead atoms. The number of aliphatic carboxylic acids is 1. The fourth-order valence-electron chi connectivity index (χ4n) is 4.68. The molecule has 7 heteroatoms. The van der Waals surface area contributed by atoms with Crippen LogP contribution in [-0.2, 0) is 14.3 Å². The van der Waals surface area contributed by atoms with Crippen molar-refractivity contribution in [1.82, 2.24) is 10.6 Å². The van der Waals surface area contributed by atoms with Crippen molar-refractivity contribution in [2.45, 2.75) is 37.6 Å². The molecule has 33 heavy (non-hydrogen) atoms. The van der Waals surface area contributed by atoms with Gasteiger partial charge in [-0.25, -0.2) is 9.59 Å². The minimum Gasteiger partial charge on any atom is -0.480 e. The molecule has 0 aromatic heterocycles. The lowest BCUT2D eigenvalue weighted by Crippen LogP contribution is -2.55. The molecule has 2 aliphatic rings. The predicted molar refractivity (Wildman–Crippen MR) is 124 cm³/mol. The van der Waals surface area contributed by atoms with Gasteiger partial charge in [0.25, 0.3) is 0 Å². The SMILES string of the molecule is C=CCC(NC(=O)C1(CNC(=O)OCC2c3ccccc3-c3ccccc32)CCC1)C(=O)O. The molecule has 1 fully saturated rings. The molecule has 1 unspecified atom stereocenters. The van der Waals surface area contributed by atoms with Gasteiger partial charge in [0.2, 0.25) is 5.91 Å². The first-order chi connectivity index (χ1) is 15.9. The van der Waals surface area contributed by atoms with E-state index in [1.165, 1.54) is 6.08 Å². The quantitative estimate of drug-likeness (QED) is 0.506. The number of alkyl carbamates (subject to hydrolysis) is 1. The Morgan fingerprint density at radius 3 is 2.21 bits per heavy atom. The molecule has 1 atom stereocenters. The van der Waals surface area contributed by atoms with E-state index in [9.17, 15) is 19.5 Å². The Kier molecular flexibility index (Phi) is 6.49. The number of hydrogen-bond acceptors (Lipinski definition) is 4. The number of amides is 2. The average molecular weight is 449 g/mol.